The summed E-state index contributed by atoms with van der Waals surface area (Å²) >= 11 is 0. The second-order valence-electron chi connectivity index (χ2n) is 5.41. The first kappa shape index (κ1) is 18.5. The molecule has 0 heterocycles. The highest BCUT2D eigenvalue weighted by atomic mass is 19.4. The van der Waals surface area contributed by atoms with Crippen LogP contribution in [0.3, 0.4) is 0 Å². The molecule has 4 nitrogen and oxygen atoms in total. The number of nitrogens with zero attached hydrogens (tertiary/aromatic N) is 2. The number of carbonyl (C=O) groups is 1. The Morgan fingerprint density at radius 3 is 2.32 bits per heavy atom. The maximum atomic E-state index is 12.7. The molecule has 1 N–H and O–H groups in total. The number of halogens is 3. The zero-order valence-electron chi connectivity index (χ0n) is 14.1. The van der Waals surface area contributed by atoms with Gasteiger partial charge in [0.25, 0.3) is 5.91 Å². The van der Waals surface area contributed by atoms with Crippen LogP contribution in [-0.2, 0) is 6.18 Å². The molecule has 2 rings (SSSR count). The lowest BCUT2D eigenvalue weighted by Gasteiger charge is -2.18. The maximum Gasteiger partial charge on any atom is 0.416 e. The molecule has 25 heavy (non-hydrogen) atoms. The summed E-state index contributed by atoms with van der Waals surface area (Å²) in [6, 6.07) is 11.3. The standard InChI is InChI=1S/C18H18F3N3O/c1-12(22-2)24(3)16-9-7-15(8-10-16)23-17(25)13-5-4-6-14(11-13)18(19,20)21/h4-11H,1-3H3,(H,23,25). The minimum atomic E-state index is -4.48. The molecule has 1 amide bonds. The summed E-state index contributed by atoms with van der Waals surface area (Å²) in [6.07, 6.45) is -4.48. The maximum absolute atomic E-state index is 12.7. The Morgan fingerprint density at radius 2 is 1.76 bits per heavy atom. The van der Waals surface area contributed by atoms with E-state index in [9.17, 15) is 18.0 Å². The Morgan fingerprint density at radius 1 is 1.12 bits per heavy atom. The number of rotatable bonds is 3. The summed E-state index contributed by atoms with van der Waals surface area (Å²) < 4.78 is 38.2. The Balaban J connectivity index is 2.14. The van der Waals surface area contributed by atoms with Crippen LogP contribution < -0.4 is 10.2 Å². The average molecular weight is 349 g/mol. The highest BCUT2D eigenvalue weighted by molar-refractivity contribution is 6.04. The van der Waals surface area contributed by atoms with Crippen molar-refractivity contribution in [1.82, 2.24) is 0 Å². The lowest BCUT2D eigenvalue weighted by molar-refractivity contribution is -0.137. The van der Waals surface area contributed by atoms with E-state index in [2.05, 4.69) is 10.3 Å². The predicted molar refractivity (Wildman–Crippen MR) is 93.3 cm³/mol. The third-order valence-electron chi connectivity index (χ3n) is 3.77. The molecule has 0 spiro atoms. The molecule has 0 aromatic heterocycles. The van der Waals surface area contributed by atoms with Gasteiger partial charge >= 0.3 is 6.18 Å². The van der Waals surface area contributed by atoms with E-state index in [1.165, 1.54) is 12.1 Å². The van der Waals surface area contributed by atoms with Gasteiger partial charge in [-0.1, -0.05) is 6.07 Å². The molecule has 2 aromatic rings. The van der Waals surface area contributed by atoms with Gasteiger partial charge in [0.1, 0.15) is 0 Å². The summed E-state index contributed by atoms with van der Waals surface area (Å²) in [5, 5.41) is 2.59. The van der Waals surface area contributed by atoms with E-state index in [4.69, 9.17) is 0 Å². The first-order valence-corrected chi connectivity index (χ1v) is 7.48. The molecule has 0 aliphatic carbocycles. The van der Waals surface area contributed by atoms with Crippen LogP contribution in [0.5, 0.6) is 0 Å². The molecule has 132 valence electrons. The Labute approximate surface area is 144 Å². The van der Waals surface area contributed by atoms with Crippen LogP contribution in [-0.4, -0.2) is 25.8 Å². The average Bonchev–Trinajstić information content (AvgIpc) is 2.60. The molecule has 0 aliphatic rings. The zero-order valence-corrected chi connectivity index (χ0v) is 14.1. The molecule has 0 atom stereocenters. The summed E-state index contributed by atoms with van der Waals surface area (Å²) in [5.41, 5.74) is 0.460. The van der Waals surface area contributed by atoms with Crippen molar-refractivity contribution < 1.29 is 18.0 Å². The van der Waals surface area contributed by atoms with Crippen LogP contribution in [0, 0.1) is 0 Å². The SMILES string of the molecule is CN=C(C)N(C)c1ccc(NC(=O)c2cccc(C(F)(F)F)c2)cc1. The van der Waals surface area contributed by atoms with Crippen LogP contribution in [0.4, 0.5) is 24.5 Å². The van der Waals surface area contributed by atoms with Gasteiger partial charge in [-0.05, 0) is 49.4 Å². The van der Waals surface area contributed by atoms with E-state index in [1.54, 1.807) is 31.3 Å². The number of hydrogen-bond donors (Lipinski definition) is 1. The van der Waals surface area contributed by atoms with Gasteiger partial charge in [0.15, 0.2) is 0 Å². The highest BCUT2D eigenvalue weighted by Crippen LogP contribution is 2.29. The highest BCUT2D eigenvalue weighted by Gasteiger charge is 2.30. The zero-order chi connectivity index (χ0) is 18.6. The van der Waals surface area contributed by atoms with Crippen molar-refractivity contribution in [1.29, 1.82) is 0 Å². The van der Waals surface area contributed by atoms with Crippen molar-refractivity contribution >= 4 is 23.1 Å². The van der Waals surface area contributed by atoms with E-state index in [0.29, 0.717) is 5.69 Å². The molecule has 0 saturated carbocycles. The lowest BCUT2D eigenvalue weighted by Crippen LogP contribution is -2.23. The third kappa shape index (κ3) is 4.59. The fourth-order valence-electron chi connectivity index (χ4n) is 2.15. The second-order valence-corrected chi connectivity index (χ2v) is 5.41. The minimum absolute atomic E-state index is 0.0509. The molecule has 0 saturated heterocycles. The molecular weight excluding hydrogens is 331 g/mol. The van der Waals surface area contributed by atoms with Gasteiger partial charge in [0, 0.05) is 31.0 Å². The van der Waals surface area contributed by atoms with Crippen LogP contribution in [0.2, 0.25) is 0 Å². The number of amidine groups is 1. The predicted octanol–water partition coefficient (Wildman–Crippen LogP) is 4.44. The van der Waals surface area contributed by atoms with Gasteiger partial charge in [-0.25, -0.2) is 0 Å². The first-order chi connectivity index (χ1) is 11.7. The number of anilines is 2. The number of alkyl halides is 3. The number of hydrogen-bond acceptors (Lipinski definition) is 2. The summed E-state index contributed by atoms with van der Waals surface area (Å²) in [6.45, 7) is 1.86. The van der Waals surface area contributed by atoms with Crippen LogP contribution in [0.15, 0.2) is 53.5 Å². The monoisotopic (exact) mass is 349 g/mol. The van der Waals surface area contributed by atoms with Gasteiger partial charge in [-0.3, -0.25) is 9.79 Å². The normalized spacial score (nSPS) is 12.0. The molecule has 0 aliphatic heterocycles. The Kier molecular flexibility index (Phi) is 5.46. The largest absolute Gasteiger partial charge is 0.416 e. The first-order valence-electron chi connectivity index (χ1n) is 7.48. The van der Waals surface area contributed by atoms with E-state index < -0.39 is 17.6 Å². The number of nitrogens with one attached hydrogen (secondary N) is 1. The lowest BCUT2D eigenvalue weighted by atomic mass is 10.1. The fourth-order valence-corrected chi connectivity index (χ4v) is 2.15. The molecule has 0 unspecified atom stereocenters. The number of aliphatic imine (C=N–C) groups is 1. The van der Waals surface area contributed by atoms with E-state index in [0.717, 1.165) is 23.7 Å². The fraction of sp³-hybridized carbons (Fsp3) is 0.222. The molecule has 2 aromatic carbocycles. The second kappa shape index (κ2) is 7.38. The topological polar surface area (TPSA) is 44.7 Å². The molecule has 0 radical (unpaired) electrons. The third-order valence-corrected chi connectivity index (χ3v) is 3.77. The minimum Gasteiger partial charge on any atom is -0.334 e. The van der Waals surface area contributed by atoms with Crippen molar-refractivity contribution in [3.63, 3.8) is 0 Å². The number of benzene rings is 2. The van der Waals surface area contributed by atoms with Gasteiger partial charge in [-0.15, -0.1) is 0 Å². The number of amides is 1. The van der Waals surface area contributed by atoms with Gasteiger partial charge in [0.2, 0.25) is 0 Å². The smallest absolute Gasteiger partial charge is 0.334 e. The van der Waals surface area contributed by atoms with Crippen molar-refractivity contribution in [2.24, 2.45) is 4.99 Å². The molecule has 0 bridgehead atoms. The van der Waals surface area contributed by atoms with Crippen molar-refractivity contribution in [3.8, 4) is 0 Å². The summed E-state index contributed by atoms with van der Waals surface area (Å²) in [4.78, 5) is 18.1. The Hall–Kier alpha value is -2.83. The number of carbonyl (C=O) groups excluding carboxylic acids is 1. The van der Waals surface area contributed by atoms with Gasteiger partial charge < -0.3 is 10.2 Å². The molecular formula is C18H18F3N3O. The Bertz CT molecular complexity index is 783. The van der Waals surface area contributed by atoms with E-state index >= 15 is 0 Å². The van der Waals surface area contributed by atoms with Crippen LogP contribution >= 0.6 is 0 Å². The van der Waals surface area contributed by atoms with Crippen molar-refractivity contribution in [2.75, 3.05) is 24.3 Å². The quantitative estimate of drug-likeness (QED) is 0.658. The summed E-state index contributed by atoms with van der Waals surface area (Å²) in [7, 11) is 3.55. The van der Waals surface area contributed by atoms with Crippen LogP contribution in [0.1, 0.15) is 22.8 Å². The molecule has 0 fully saturated rings. The van der Waals surface area contributed by atoms with Gasteiger partial charge in [-0.2, -0.15) is 13.2 Å². The van der Waals surface area contributed by atoms with E-state index in [1.807, 2.05) is 18.9 Å². The van der Waals surface area contributed by atoms with Crippen molar-refractivity contribution in [3.05, 3.63) is 59.7 Å². The van der Waals surface area contributed by atoms with Crippen molar-refractivity contribution in [2.45, 2.75) is 13.1 Å². The van der Waals surface area contributed by atoms with Crippen LogP contribution in [0.25, 0.3) is 0 Å². The molecule has 7 heteroatoms. The summed E-state index contributed by atoms with van der Waals surface area (Å²) in [5.74, 6) is 0.222. The van der Waals surface area contributed by atoms with E-state index in [-0.39, 0.29) is 5.56 Å². The van der Waals surface area contributed by atoms with Gasteiger partial charge in [0.05, 0.1) is 11.4 Å².